The second kappa shape index (κ2) is 4.44. The zero-order valence-electron chi connectivity index (χ0n) is 8.98. The van der Waals surface area contributed by atoms with Gasteiger partial charge in [-0.2, -0.15) is 0 Å². The van der Waals surface area contributed by atoms with Crippen molar-refractivity contribution in [1.82, 2.24) is 15.0 Å². The van der Waals surface area contributed by atoms with Gasteiger partial charge in [-0.3, -0.25) is 0 Å². The number of rotatable bonds is 3. The molecule has 0 fully saturated rings. The third-order valence-corrected chi connectivity index (χ3v) is 2.77. The summed E-state index contributed by atoms with van der Waals surface area (Å²) in [5.41, 5.74) is 1.02. The monoisotopic (exact) mass is 237 g/mol. The topological polar surface area (TPSA) is 67.9 Å². The van der Waals surface area contributed by atoms with Gasteiger partial charge in [0.15, 0.2) is 16.5 Å². The van der Waals surface area contributed by atoms with Crippen LogP contribution in [0.25, 0.3) is 10.8 Å². The molecule has 16 heavy (non-hydrogen) atoms. The SMILES string of the molecule is CCOC(=O)c1nc(-c2nccs2)[nH]c1C. The maximum Gasteiger partial charge on any atom is 0.358 e. The number of esters is 1. The highest BCUT2D eigenvalue weighted by atomic mass is 32.1. The first-order valence-corrected chi connectivity index (χ1v) is 5.74. The van der Waals surface area contributed by atoms with Gasteiger partial charge >= 0.3 is 5.97 Å². The Balaban J connectivity index is 2.32. The highest BCUT2D eigenvalue weighted by Gasteiger charge is 2.17. The smallest absolute Gasteiger partial charge is 0.358 e. The fourth-order valence-corrected chi connectivity index (χ4v) is 1.88. The molecule has 2 heterocycles. The van der Waals surface area contributed by atoms with Crippen molar-refractivity contribution >= 4 is 17.3 Å². The van der Waals surface area contributed by atoms with Crippen LogP contribution in [0.1, 0.15) is 23.1 Å². The number of aromatic amines is 1. The van der Waals surface area contributed by atoms with Crippen LogP contribution in [0.2, 0.25) is 0 Å². The number of nitrogens with one attached hydrogen (secondary N) is 1. The van der Waals surface area contributed by atoms with Gasteiger partial charge in [-0.1, -0.05) is 0 Å². The Morgan fingerprint density at radius 2 is 2.44 bits per heavy atom. The molecule has 2 aromatic heterocycles. The van der Waals surface area contributed by atoms with E-state index in [1.807, 2.05) is 5.38 Å². The van der Waals surface area contributed by atoms with Crippen molar-refractivity contribution in [2.24, 2.45) is 0 Å². The van der Waals surface area contributed by atoms with E-state index in [9.17, 15) is 4.79 Å². The molecule has 2 aromatic rings. The van der Waals surface area contributed by atoms with Crippen molar-refractivity contribution in [3.05, 3.63) is 23.0 Å². The van der Waals surface area contributed by atoms with Crippen molar-refractivity contribution in [2.75, 3.05) is 6.61 Å². The predicted molar refractivity (Wildman–Crippen MR) is 60.4 cm³/mol. The summed E-state index contributed by atoms with van der Waals surface area (Å²) < 4.78 is 4.90. The van der Waals surface area contributed by atoms with E-state index in [1.165, 1.54) is 11.3 Å². The summed E-state index contributed by atoms with van der Waals surface area (Å²) >= 11 is 1.47. The summed E-state index contributed by atoms with van der Waals surface area (Å²) in [6.45, 7) is 3.90. The van der Waals surface area contributed by atoms with E-state index < -0.39 is 5.97 Å². The van der Waals surface area contributed by atoms with E-state index in [2.05, 4.69) is 15.0 Å². The van der Waals surface area contributed by atoms with Gasteiger partial charge in [0, 0.05) is 17.3 Å². The standard InChI is InChI=1S/C10H11N3O2S/c1-3-15-10(14)7-6(2)12-8(13-7)9-11-4-5-16-9/h4-5H,3H2,1-2H3,(H,12,13). The summed E-state index contributed by atoms with van der Waals surface area (Å²) in [6.07, 6.45) is 1.70. The number of H-pyrrole nitrogens is 1. The van der Waals surface area contributed by atoms with Crippen LogP contribution in [-0.4, -0.2) is 27.5 Å². The number of carbonyl (C=O) groups is 1. The highest BCUT2D eigenvalue weighted by molar-refractivity contribution is 7.13. The van der Waals surface area contributed by atoms with Gasteiger partial charge in [0.25, 0.3) is 0 Å². The third kappa shape index (κ3) is 1.96. The maximum absolute atomic E-state index is 11.5. The molecule has 0 aliphatic heterocycles. The molecule has 0 saturated heterocycles. The molecule has 0 saturated carbocycles. The highest BCUT2D eigenvalue weighted by Crippen LogP contribution is 2.20. The molecule has 6 heteroatoms. The molecule has 84 valence electrons. The lowest BCUT2D eigenvalue weighted by Gasteiger charge is -1.97. The number of thiazole rings is 1. The van der Waals surface area contributed by atoms with Crippen molar-refractivity contribution in [3.8, 4) is 10.8 Å². The fourth-order valence-electron chi connectivity index (χ4n) is 1.30. The molecule has 0 aliphatic rings. The number of hydrogen-bond acceptors (Lipinski definition) is 5. The lowest BCUT2D eigenvalue weighted by Crippen LogP contribution is -2.06. The van der Waals surface area contributed by atoms with Crippen LogP contribution in [0.4, 0.5) is 0 Å². The number of hydrogen-bond donors (Lipinski definition) is 1. The van der Waals surface area contributed by atoms with Crippen LogP contribution < -0.4 is 0 Å². The van der Waals surface area contributed by atoms with Crippen LogP contribution >= 0.6 is 11.3 Å². The number of imidazole rings is 1. The number of aryl methyl sites for hydroxylation is 1. The zero-order valence-corrected chi connectivity index (χ0v) is 9.80. The van der Waals surface area contributed by atoms with Crippen LogP contribution in [0, 0.1) is 6.92 Å². The molecule has 2 rings (SSSR count). The quantitative estimate of drug-likeness (QED) is 0.829. The molecule has 5 nitrogen and oxygen atoms in total. The second-order valence-corrected chi connectivity index (χ2v) is 4.01. The first-order chi connectivity index (χ1) is 7.72. The minimum Gasteiger partial charge on any atom is -0.461 e. The summed E-state index contributed by atoms with van der Waals surface area (Å²) in [7, 11) is 0. The molecule has 0 bridgehead atoms. The van der Waals surface area contributed by atoms with Gasteiger partial charge in [0.1, 0.15) is 0 Å². The first kappa shape index (κ1) is 10.8. The Morgan fingerprint density at radius 3 is 3.06 bits per heavy atom. The van der Waals surface area contributed by atoms with Crippen molar-refractivity contribution < 1.29 is 9.53 Å². The molecule has 0 amide bonds. The third-order valence-electron chi connectivity index (χ3n) is 1.99. The minimum absolute atomic E-state index is 0.326. The van der Waals surface area contributed by atoms with Crippen molar-refractivity contribution in [2.45, 2.75) is 13.8 Å². The Hall–Kier alpha value is -1.69. The molecule has 0 atom stereocenters. The molecular formula is C10H11N3O2S. The first-order valence-electron chi connectivity index (χ1n) is 4.86. The summed E-state index contributed by atoms with van der Waals surface area (Å²) in [6, 6.07) is 0. The molecule has 0 aliphatic carbocycles. The van der Waals surface area contributed by atoms with E-state index in [1.54, 1.807) is 20.0 Å². The molecule has 0 aromatic carbocycles. The Kier molecular flexibility index (Phi) is 3.00. The average molecular weight is 237 g/mol. The number of nitrogens with zero attached hydrogens (tertiary/aromatic N) is 2. The zero-order chi connectivity index (χ0) is 11.5. The van der Waals surface area contributed by atoms with Gasteiger partial charge in [-0.15, -0.1) is 11.3 Å². The molecule has 0 radical (unpaired) electrons. The van der Waals surface area contributed by atoms with Gasteiger partial charge in [-0.05, 0) is 13.8 Å². The van der Waals surface area contributed by atoms with Crippen LogP contribution in [0.15, 0.2) is 11.6 Å². The molecule has 0 spiro atoms. The van der Waals surface area contributed by atoms with E-state index in [4.69, 9.17) is 4.74 Å². The van der Waals surface area contributed by atoms with E-state index >= 15 is 0 Å². The maximum atomic E-state index is 11.5. The Bertz CT molecular complexity index is 490. The predicted octanol–water partition coefficient (Wildman–Crippen LogP) is 2.02. The van der Waals surface area contributed by atoms with Gasteiger partial charge in [0.2, 0.25) is 0 Å². The average Bonchev–Trinajstić information content (AvgIpc) is 2.86. The van der Waals surface area contributed by atoms with Crippen LogP contribution in [0.5, 0.6) is 0 Å². The normalized spacial score (nSPS) is 10.4. The summed E-state index contributed by atoms with van der Waals surface area (Å²) in [5.74, 6) is 0.203. The summed E-state index contributed by atoms with van der Waals surface area (Å²) in [4.78, 5) is 22.9. The lowest BCUT2D eigenvalue weighted by atomic mass is 10.3. The molecule has 0 unspecified atom stereocenters. The Labute approximate surface area is 96.5 Å². The minimum atomic E-state index is -0.404. The van der Waals surface area contributed by atoms with Crippen molar-refractivity contribution in [1.29, 1.82) is 0 Å². The molecule has 1 N–H and O–H groups in total. The molecular weight excluding hydrogens is 226 g/mol. The van der Waals surface area contributed by atoms with Gasteiger partial charge < -0.3 is 9.72 Å². The number of ether oxygens (including phenoxy) is 1. The lowest BCUT2D eigenvalue weighted by molar-refractivity contribution is 0.0519. The fraction of sp³-hybridized carbons (Fsp3) is 0.300. The largest absolute Gasteiger partial charge is 0.461 e. The Morgan fingerprint density at radius 1 is 1.62 bits per heavy atom. The van der Waals surface area contributed by atoms with Crippen LogP contribution in [0.3, 0.4) is 0 Å². The van der Waals surface area contributed by atoms with Gasteiger partial charge in [-0.25, -0.2) is 14.8 Å². The van der Waals surface area contributed by atoms with E-state index in [0.29, 0.717) is 23.8 Å². The summed E-state index contributed by atoms with van der Waals surface area (Å²) in [5, 5.41) is 2.62. The van der Waals surface area contributed by atoms with Crippen molar-refractivity contribution in [3.63, 3.8) is 0 Å². The van der Waals surface area contributed by atoms with E-state index in [-0.39, 0.29) is 0 Å². The van der Waals surface area contributed by atoms with Crippen LogP contribution in [-0.2, 0) is 4.74 Å². The second-order valence-electron chi connectivity index (χ2n) is 3.12. The number of carbonyl (C=O) groups excluding carboxylic acids is 1. The van der Waals surface area contributed by atoms with E-state index in [0.717, 1.165) is 5.01 Å². The number of aromatic nitrogens is 3. The van der Waals surface area contributed by atoms with Gasteiger partial charge in [0.05, 0.1) is 6.61 Å².